The maximum atomic E-state index is 8.18. The Morgan fingerprint density at radius 2 is 2.40 bits per heavy atom. The first kappa shape index (κ1) is 9.76. The van der Waals surface area contributed by atoms with Gasteiger partial charge in [-0.1, -0.05) is 0 Å². The molecule has 10 heavy (non-hydrogen) atoms. The first-order valence-electron chi connectivity index (χ1n) is 3.00. The fourth-order valence-corrected chi connectivity index (χ4v) is 0.918. The van der Waals surface area contributed by atoms with Crippen molar-refractivity contribution in [1.29, 1.82) is 5.26 Å². The zero-order valence-electron chi connectivity index (χ0n) is 6.16. The Bertz CT molecular complexity index is 113. The van der Waals surface area contributed by atoms with E-state index >= 15 is 0 Å². The Labute approximate surface area is 65.3 Å². The molecule has 0 bridgehead atoms. The molecule has 0 rings (SSSR count). The van der Waals surface area contributed by atoms with Gasteiger partial charge in [0.1, 0.15) is 5.40 Å². The normalized spacial score (nSPS) is 12.5. The summed E-state index contributed by atoms with van der Waals surface area (Å²) in [5.74, 6) is 0.570. The minimum Gasteiger partial charge on any atom is -0.355 e. The number of thiocyanates is 1. The molecule has 58 valence electrons. The molecule has 1 unspecified atom stereocenters. The van der Waals surface area contributed by atoms with Gasteiger partial charge >= 0.3 is 0 Å². The van der Waals surface area contributed by atoms with Crippen LogP contribution in [-0.4, -0.2) is 25.8 Å². The summed E-state index contributed by atoms with van der Waals surface area (Å²) in [6.07, 6.45) is -0.241. The summed E-state index contributed by atoms with van der Waals surface area (Å²) in [4.78, 5) is 0. The van der Waals surface area contributed by atoms with Gasteiger partial charge in [0, 0.05) is 13.7 Å². The molecule has 0 N–H and O–H groups in total. The maximum absolute atomic E-state index is 8.18. The Hall–Kier alpha value is -0.240. The second-order valence-electron chi connectivity index (χ2n) is 1.52. The Morgan fingerprint density at radius 1 is 1.70 bits per heavy atom. The van der Waals surface area contributed by atoms with Crippen molar-refractivity contribution in [3.8, 4) is 5.40 Å². The summed E-state index contributed by atoms with van der Waals surface area (Å²) >= 11 is 1.14. The average Bonchev–Trinajstić information content (AvgIpc) is 1.98. The third kappa shape index (κ3) is 4.62. The lowest BCUT2D eigenvalue weighted by atomic mass is 10.7. The van der Waals surface area contributed by atoms with E-state index in [-0.39, 0.29) is 6.29 Å². The topological polar surface area (TPSA) is 42.2 Å². The van der Waals surface area contributed by atoms with Crippen molar-refractivity contribution in [1.82, 2.24) is 0 Å². The molecule has 0 aliphatic heterocycles. The number of thioether (sulfide) groups is 1. The Balaban J connectivity index is 3.32. The molecule has 0 aromatic rings. The fraction of sp³-hybridized carbons (Fsp3) is 0.833. The molecule has 3 nitrogen and oxygen atoms in total. The average molecular weight is 161 g/mol. The third-order valence-electron chi connectivity index (χ3n) is 0.899. The van der Waals surface area contributed by atoms with Crippen molar-refractivity contribution < 1.29 is 9.47 Å². The minimum absolute atomic E-state index is 0.241. The lowest BCUT2D eigenvalue weighted by molar-refractivity contribution is -0.103. The van der Waals surface area contributed by atoms with Crippen molar-refractivity contribution >= 4 is 11.8 Å². The zero-order chi connectivity index (χ0) is 7.82. The van der Waals surface area contributed by atoms with Gasteiger partial charge in [-0.2, -0.15) is 5.26 Å². The summed E-state index contributed by atoms with van der Waals surface area (Å²) < 4.78 is 10.00. The molecular weight excluding hydrogens is 150 g/mol. The molecular formula is C6H11NO2S. The van der Waals surface area contributed by atoms with E-state index in [0.29, 0.717) is 12.4 Å². The van der Waals surface area contributed by atoms with Crippen molar-refractivity contribution in [2.45, 2.75) is 13.2 Å². The van der Waals surface area contributed by atoms with E-state index in [0.717, 1.165) is 11.8 Å². The summed E-state index contributed by atoms with van der Waals surface area (Å²) in [5, 5.41) is 10.1. The molecule has 1 atom stereocenters. The van der Waals surface area contributed by atoms with Gasteiger partial charge in [0.25, 0.3) is 0 Å². The van der Waals surface area contributed by atoms with Crippen LogP contribution in [0.25, 0.3) is 0 Å². The summed E-state index contributed by atoms with van der Waals surface area (Å²) in [7, 11) is 1.57. The van der Waals surface area contributed by atoms with Gasteiger partial charge in [-0.15, -0.1) is 0 Å². The van der Waals surface area contributed by atoms with Crippen LogP contribution in [0.5, 0.6) is 0 Å². The van der Waals surface area contributed by atoms with E-state index in [1.807, 2.05) is 12.3 Å². The van der Waals surface area contributed by atoms with Crippen LogP contribution in [-0.2, 0) is 9.47 Å². The van der Waals surface area contributed by atoms with E-state index in [9.17, 15) is 0 Å². The first-order chi connectivity index (χ1) is 4.85. The van der Waals surface area contributed by atoms with Gasteiger partial charge in [-0.05, 0) is 18.7 Å². The molecule has 0 spiro atoms. The van der Waals surface area contributed by atoms with Gasteiger partial charge in [0.2, 0.25) is 0 Å². The van der Waals surface area contributed by atoms with Crippen LogP contribution in [0.4, 0.5) is 0 Å². The second-order valence-corrected chi connectivity index (χ2v) is 2.33. The van der Waals surface area contributed by atoms with E-state index in [1.54, 1.807) is 7.11 Å². The van der Waals surface area contributed by atoms with E-state index in [4.69, 9.17) is 14.7 Å². The number of hydrogen-bond donors (Lipinski definition) is 0. The number of methoxy groups -OCH3 is 1. The third-order valence-corrected chi connectivity index (χ3v) is 1.47. The highest BCUT2D eigenvalue weighted by Crippen LogP contribution is 2.03. The Morgan fingerprint density at radius 3 is 2.80 bits per heavy atom. The molecule has 0 aromatic carbocycles. The zero-order valence-corrected chi connectivity index (χ0v) is 6.98. The van der Waals surface area contributed by atoms with Crippen LogP contribution < -0.4 is 0 Å². The van der Waals surface area contributed by atoms with Gasteiger partial charge in [-0.3, -0.25) is 0 Å². The highest BCUT2D eigenvalue weighted by molar-refractivity contribution is 8.03. The fourth-order valence-electron chi connectivity index (χ4n) is 0.475. The summed E-state index contributed by atoms with van der Waals surface area (Å²) in [5.41, 5.74) is 0. The number of rotatable bonds is 5. The lowest BCUT2D eigenvalue weighted by Crippen LogP contribution is -2.17. The lowest BCUT2D eigenvalue weighted by Gasteiger charge is -2.11. The first-order valence-corrected chi connectivity index (χ1v) is 3.99. The van der Waals surface area contributed by atoms with Gasteiger partial charge < -0.3 is 9.47 Å². The maximum Gasteiger partial charge on any atom is 0.167 e. The molecule has 4 heteroatoms. The van der Waals surface area contributed by atoms with Crippen molar-refractivity contribution in [3.63, 3.8) is 0 Å². The highest BCUT2D eigenvalue weighted by atomic mass is 32.2. The number of ether oxygens (including phenoxy) is 2. The quantitative estimate of drug-likeness (QED) is 0.449. The van der Waals surface area contributed by atoms with Crippen LogP contribution in [0, 0.1) is 10.7 Å². The van der Waals surface area contributed by atoms with Gasteiger partial charge in [0.05, 0.1) is 5.75 Å². The molecule has 0 fully saturated rings. The van der Waals surface area contributed by atoms with Crippen molar-refractivity contribution in [2.75, 3.05) is 19.5 Å². The number of hydrogen-bond acceptors (Lipinski definition) is 4. The molecule has 0 saturated carbocycles. The van der Waals surface area contributed by atoms with Crippen LogP contribution in [0.3, 0.4) is 0 Å². The monoisotopic (exact) mass is 161 g/mol. The smallest absolute Gasteiger partial charge is 0.167 e. The number of nitriles is 1. The summed E-state index contributed by atoms with van der Waals surface area (Å²) in [6, 6.07) is 0. The van der Waals surface area contributed by atoms with Crippen LogP contribution in [0.1, 0.15) is 6.92 Å². The second kappa shape index (κ2) is 6.87. The largest absolute Gasteiger partial charge is 0.355 e. The highest BCUT2D eigenvalue weighted by Gasteiger charge is 2.04. The molecule has 0 amide bonds. The van der Waals surface area contributed by atoms with Crippen LogP contribution in [0.15, 0.2) is 0 Å². The van der Waals surface area contributed by atoms with Gasteiger partial charge in [-0.25, -0.2) is 0 Å². The van der Waals surface area contributed by atoms with E-state index in [1.165, 1.54) is 0 Å². The predicted octanol–water partition coefficient (Wildman–Crippen LogP) is 1.21. The van der Waals surface area contributed by atoms with E-state index in [2.05, 4.69) is 0 Å². The number of nitrogens with zero attached hydrogens (tertiary/aromatic N) is 1. The van der Waals surface area contributed by atoms with Crippen LogP contribution >= 0.6 is 11.8 Å². The van der Waals surface area contributed by atoms with Gasteiger partial charge in [0.15, 0.2) is 6.29 Å². The van der Waals surface area contributed by atoms with Crippen LogP contribution in [0.2, 0.25) is 0 Å². The standard InChI is InChI=1S/C6H11NO2S/c1-3-9-6(8-2)4-10-5-7/h6H,3-4H2,1-2H3. The van der Waals surface area contributed by atoms with Crippen molar-refractivity contribution in [3.05, 3.63) is 0 Å². The molecule has 0 heterocycles. The molecule has 0 aromatic heterocycles. The SMILES string of the molecule is CCOC(CSC#N)OC. The van der Waals surface area contributed by atoms with Crippen molar-refractivity contribution in [2.24, 2.45) is 0 Å². The molecule has 0 aliphatic rings. The molecule has 0 aliphatic carbocycles. The van der Waals surface area contributed by atoms with E-state index < -0.39 is 0 Å². The molecule has 0 saturated heterocycles. The molecule has 0 radical (unpaired) electrons. The minimum atomic E-state index is -0.241. The predicted molar refractivity (Wildman–Crippen MR) is 40.5 cm³/mol. The Kier molecular flexibility index (Phi) is 6.71. The summed E-state index contributed by atoms with van der Waals surface area (Å²) in [6.45, 7) is 2.51.